The molecule has 18 atom stereocenters. The summed E-state index contributed by atoms with van der Waals surface area (Å²) in [6.45, 7) is 17.4. The van der Waals surface area contributed by atoms with Crippen molar-refractivity contribution in [1.29, 1.82) is 0 Å². The maximum absolute atomic E-state index is 14.5. The molecule has 1 aromatic rings. The first kappa shape index (κ1) is 52.2. The Balaban J connectivity index is 1.79. The predicted molar refractivity (Wildman–Crippen MR) is 230 cm³/mol. The van der Waals surface area contributed by atoms with Crippen LogP contribution in [0, 0.1) is 17.8 Å². The number of hydrogen-bond acceptors (Lipinski definition) is 16. The third-order valence-electron chi connectivity index (χ3n) is 14.1. The van der Waals surface area contributed by atoms with Crippen LogP contribution in [0.2, 0.25) is 0 Å². The molecule has 1 amide bonds. The van der Waals surface area contributed by atoms with E-state index < -0.39 is 101 Å². The summed E-state index contributed by atoms with van der Waals surface area (Å²) in [5.74, 6) is -3.33. The number of nitrogens with one attached hydrogen (secondary N) is 1. The Kier molecular flexibility index (Phi) is 17.6. The number of aromatic nitrogens is 1. The van der Waals surface area contributed by atoms with Gasteiger partial charge >= 0.3 is 5.97 Å². The highest BCUT2D eigenvalue weighted by molar-refractivity contribution is 5.93. The lowest BCUT2D eigenvalue weighted by atomic mass is 9.75. The SMILES string of the molecule is CC[C@H]1OC(=O)[C@H](C)[C@@H](O[C@H]2C[C@@](C)(OC)[C@](O)(CNC(=O)c3cccnc3)[C@H](C)O2)[C@H](C)[C@@H](O[C@@H]2O[C@H](C)C[C@H](N(C)C)[C@H]2O)[C@](C)(O)C[C@@H](C)CN(C)[C@H](C)[C@@H](O)[C@]1(C)O. The van der Waals surface area contributed by atoms with Crippen molar-refractivity contribution in [3.63, 3.8) is 0 Å². The Hall–Kier alpha value is -2.39. The first-order chi connectivity index (χ1) is 28.7. The summed E-state index contributed by atoms with van der Waals surface area (Å²) in [6, 6.07) is 2.35. The van der Waals surface area contributed by atoms with Gasteiger partial charge in [-0.05, 0) is 107 Å². The normalized spacial score (nSPS) is 44.5. The van der Waals surface area contributed by atoms with Gasteiger partial charge in [-0.25, -0.2) is 0 Å². The van der Waals surface area contributed by atoms with Crippen molar-refractivity contribution in [3.05, 3.63) is 30.1 Å². The lowest BCUT2D eigenvalue weighted by molar-refractivity contribution is -0.336. The van der Waals surface area contributed by atoms with Crippen molar-refractivity contribution >= 4 is 11.9 Å². The first-order valence-corrected chi connectivity index (χ1v) is 22.2. The summed E-state index contributed by atoms with van der Waals surface area (Å²) in [5, 5.41) is 62.8. The van der Waals surface area contributed by atoms with Crippen LogP contribution in [0.5, 0.6) is 0 Å². The van der Waals surface area contributed by atoms with Crippen molar-refractivity contribution in [3.8, 4) is 0 Å². The second-order valence-electron chi connectivity index (χ2n) is 19.4. The lowest BCUT2D eigenvalue weighted by Crippen LogP contribution is -2.70. The maximum Gasteiger partial charge on any atom is 0.311 e. The molecule has 1 aromatic heterocycles. The molecule has 4 heterocycles. The number of rotatable bonds is 10. The molecule has 4 rings (SSSR count). The fourth-order valence-corrected chi connectivity index (χ4v) is 9.94. The largest absolute Gasteiger partial charge is 0.459 e. The molecule has 6 N–H and O–H groups in total. The van der Waals surface area contributed by atoms with Gasteiger partial charge in [0, 0.05) is 50.5 Å². The zero-order chi connectivity index (χ0) is 46.7. The summed E-state index contributed by atoms with van der Waals surface area (Å²) in [5.41, 5.74) is -6.31. The topological polar surface area (TPSA) is 222 Å². The predicted octanol–water partition coefficient (Wildman–Crippen LogP) is 2.10. The Bertz CT molecular complexity index is 1610. The van der Waals surface area contributed by atoms with E-state index >= 15 is 0 Å². The number of methoxy groups -OCH3 is 1. The zero-order valence-electron chi connectivity index (χ0n) is 39.5. The van der Waals surface area contributed by atoms with Gasteiger partial charge in [-0.1, -0.05) is 20.8 Å². The van der Waals surface area contributed by atoms with E-state index in [2.05, 4.69) is 10.3 Å². The lowest BCUT2D eigenvalue weighted by Gasteiger charge is -2.53. The third kappa shape index (κ3) is 11.3. The van der Waals surface area contributed by atoms with Gasteiger partial charge in [0.2, 0.25) is 0 Å². The van der Waals surface area contributed by atoms with E-state index in [1.165, 1.54) is 20.2 Å². The molecule has 0 unspecified atom stereocenters. The second-order valence-corrected chi connectivity index (χ2v) is 19.4. The Morgan fingerprint density at radius 1 is 1.03 bits per heavy atom. The van der Waals surface area contributed by atoms with Gasteiger partial charge in [0.1, 0.15) is 35.1 Å². The van der Waals surface area contributed by atoms with E-state index in [1.54, 1.807) is 66.8 Å². The summed E-state index contributed by atoms with van der Waals surface area (Å²) in [7, 11) is 7.01. The Morgan fingerprint density at radius 2 is 1.69 bits per heavy atom. The molecule has 356 valence electrons. The van der Waals surface area contributed by atoms with Crippen LogP contribution in [-0.4, -0.2) is 183 Å². The summed E-state index contributed by atoms with van der Waals surface area (Å²) in [4.78, 5) is 35.3. The molecule has 3 fully saturated rings. The van der Waals surface area contributed by atoms with E-state index in [1.807, 2.05) is 44.8 Å². The molecule has 3 aliphatic rings. The van der Waals surface area contributed by atoms with Gasteiger partial charge < -0.3 is 69.1 Å². The average Bonchev–Trinajstić information content (AvgIpc) is 3.21. The third-order valence-corrected chi connectivity index (χ3v) is 14.1. The van der Waals surface area contributed by atoms with Gasteiger partial charge in [-0.2, -0.15) is 0 Å². The summed E-state index contributed by atoms with van der Waals surface area (Å²) >= 11 is 0. The van der Waals surface area contributed by atoms with Crippen LogP contribution < -0.4 is 5.32 Å². The van der Waals surface area contributed by atoms with Crippen LogP contribution >= 0.6 is 0 Å². The fourth-order valence-electron chi connectivity index (χ4n) is 9.94. The van der Waals surface area contributed by atoms with Gasteiger partial charge in [0.15, 0.2) is 12.6 Å². The molecule has 0 bridgehead atoms. The number of amides is 1. The molecular formula is C45H78N4O13. The highest BCUT2D eigenvalue weighted by Gasteiger charge is 2.59. The van der Waals surface area contributed by atoms with Crippen LogP contribution in [0.3, 0.4) is 0 Å². The van der Waals surface area contributed by atoms with Gasteiger partial charge in [-0.15, -0.1) is 0 Å². The van der Waals surface area contributed by atoms with Crippen molar-refractivity contribution in [2.75, 3.05) is 41.3 Å². The van der Waals surface area contributed by atoms with Crippen LogP contribution in [-0.2, 0) is 33.2 Å². The molecule has 0 aliphatic carbocycles. The number of ether oxygens (including phenoxy) is 6. The van der Waals surface area contributed by atoms with E-state index in [9.17, 15) is 35.1 Å². The number of nitrogens with zero attached hydrogens (tertiary/aromatic N) is 3. The molecule has 0 saturated carbocycles. The fraction of sp³-hybridized carbons (Fsp3) is 0.844. The smallest absolute Gasteiger partial charge is 0.311 e. The molecule has 3 aliphatic heterocycles. The van der Waals surface area contributed by atoms with E-state index in [4.69, 9.17) is 28.4 Å². The van der Waals surface area contributed by atoms with E-state index in [0.717, 1.165) is 0 Å². The number of aliphatic hydroxyl groups excluding tert-OH is 2. The first-order valence-electron chi connectivity index (χ1n) is 22.2. The van der Waals surface area contributed by atoms with Gasteiger partial charge in [0.25, 0.3) is 5.91 Å². The minimum absolute atomic E-state index is 0.0633. The monoisotopic (exact) mass is 883 g/mol. The second kappa shape index (κ2) is 20.8. The van der Waals surface area contributed by atoms with Crippen LogP contribution in [0.15, 0.2) is 24.5 Å². The number of pyridine rings is 1. The van der Waals surface area contributed by atoms with Crippen molar-refractivity contribution in [2.24, 2.45) is 17.8 Å². The number of carbonyl (C=O) groups is 2. The maximum atomic E-state index is 14.5. The van der Waals surface area contributed by atoms with Gasteiger partial charge in [-0.3, -0.25) is 14.6 Å². The number of likely N-dealkylation sites (N-methyl/N-ethyl adjacent to an activating group) is 2. The highest BCUT2D eigenvalue weighted by atomic mass is 16.7. The van der Waals surface area contributed by atoms with Gasteiger partial charge in [0.05, 0.1) is 48.0 Å². The van der Waals surface area contributed by atoms with Crippen LogP contribution in [0.4, 0.5) is 0 Å². The van der Waals surface area contributed by atoms with Crippen LogP contribution in [0.1, 0.15) is 105 Å². The van der Waals surface area contributed by atoms with E-state index in [-0.39, 0.29) is 43.9 Å². The Morgan fingerprint density at radius 3 is 2.27 bits per heavy atom. The Labute approximate surface area is 368 Å². The molecule has 17 heteroatoms. The van der Waals surface area contributed by atoms with Crippen molar-refractivity contribution in [2.45, 2.75) is 185 Å². The number of cyclic esters (lactones) is 1. The average molecular weight is 883 g/mol. The van der Waals surface area contributed by atoms with Crippen molar-refractivity contribution < 1.29 is 63.5 Å². The number of esters is 1. The number of carbonyl (C=O) groups excluding carboxylic acids is 2. The molecule has 62 heavy (non-hydrogen) atoms. The van der Waals surface area contributed by atoms with Crippen molar-refractivity contribution in [1.82, 2.24) is 20.1 Å². The minimum atomic E-state index is -1.85. The standard InChI is InChI=1S/C45H78N4O13/c1-15-33-44(10,55)37(51)29(6)49(13)23-25(2)20-42(8,54)38(62-41-35(50)32(48(11)12)19-26(3)58-41)27(4)36(28(5)40(53)60-33)61-34-21-43(9,57-14)45(56,30(7)59-34)24-47-39(52)31-17-16-18-46-22-31/h16-18,22,25-30,32-38,41,50-51,54-56H,15,19-21,23-24H2,1-14H3,(H,47,52)/t25-,26-,27+,28-,29-,30+,32+,33-,34+,35-,36+,37-,38-,41+,42-,43-,44-,45+/m1/s1. The highest BCUT2D eigenvalue weighted by Crippen LogP contribution is 2.43. The molecule has 3 saturated heterocycles. The quantitative estimate of drug-likeness (QED) is 0.185. The molecule has 0 spiro atoms. The molecular weight excluding hydrogens is 805 g/mol. The molecule has 0 aromatic carbocycles. The molecule has 17 nitrogen and oxygen atoms in total. The zero-order valence-corrected chi connectivity index (χ0v) is 39.5. The van der Waals surface area contributed by atoms with E-state index in [0.29, 0.717) is 18.5 Å². The molecule has 0 radical (unpaired) electrons. The number of aliphatic hydroxyl groups is 5. The van der Waals surface area contributed by atoms with Crippen LogP contribution in [0.25, 0.3) is 0 Å². The number of hydrogen-bond donors (Lipinski definition) is 6. The minimum Gasteiger partial charge on any atom is -0.459 e. The summed E-state index contributed by atoms with van der Waals surface area (Å²) < 4.78 is 38.4. The summed E-state index contributed by atoms with van der Waals surface area (Å²) in [6.07, 6.45) is -5.55.